The fraction of sp³-hybridized carbons (Fsp3) is 0.684. The van der Waals surface area contributed by atoms with Crippen molar-refractivity contribution in [3.05, 3.63) is 65.7 Å². The Bertz CT molecular complexity index is 2490. The van der Waals surface area contributed by atoms with Gasteiger partial charge in [-0.2, -0.15) is 0 Å². The zero-order chi connectivity index (χ0) is 61.3. The minimum Gasteiger partial charge on any atom is -0.479 e. The SMILES string of the molecule is CC[C@H](C)[C@@H]([C@@H](CC(=O)N1CCC[C@H]1[C@H](OC)[C@@H](C)C(=O)N[C@H](C)[C@@H](OCN(CCS(C)(=O)=O)C(=O)OCc1ccc(O[C@@H]2OC(C(=O)O)[C@@H](O)[C@H](O)C2O)cc1)c1ccccc1)OC)N(C)C(=O)[C@@H](NC(=O)[C@@H](NC)C(C)C)C(C)C. The molecule has 24 nitrogen and oxygen atoms in total. The molecule has 2 aliphatic rings. The van der Waals surface area contributed by atoms with Gasteiger partial charge in [0.25, 0.3) is 0 Å². The molecule has 2 fully saturated rings. The van der Waals surface area contributed by atoms with Gasteiger partial charge < -0.3 is 74.6 Å². The van der Waals surface area contributed by atoms with Crippen molar-refractivity contribution < 1.29 is 86.0 Å². The third-order valence-corrected chi connectivity index (χ3v) is 16.4. The lowest BCUT2D eigenvalue weighted by Gasteiger charge is -2.41. The van der Waals surface area contributed by atoms with Crippen LogP contribution >= 0.6 is 0 Å². The first kappa shape index (κ1) is 69.0. The third-order valence-electron chi connectivity index (χ3n) is 15.5. The van der Waals surface area contributed by atoms with Crippen LogP contribution in [-0.4, -0.2) is 213 Å². The minimum absolute atomic E-state index is 0.0223. The van der Waals surface area contributed by atoms with Crippen LogP contribution in [-0.2, 0) is 64.1 Å². The van der Waals surface area contributed by atoms with E-state index in [0.29, 0.717) is 36.9 Å². The van der Waals surface area contributed by atoms with Crippen LogP contribution < -0.4 is 20.7 Å². The molecule has 0 radical (unpaired) electrons. The molecule has 2 saturated heterocycles. The van der Waals surface area contributed by atoms with Crippen LogP contribution in [0.25, 0.3) is 0 Å². The van der Waals surface area contributed by atoms with Crippen LogP contribution in [0.2, 0.25) is 0 Å². The molecule has 2 unspecified atom stereocenters. The highest BCUT2D eigenvalue weighted by molar-refractivity contribution is 7.90. The van der Waals surface area contributed by atoms with Crippen molar-refractivity contribution in [3.8, 4) is 5.75 Å². The van der Waals surface area contributed by atoms with Gasteiger partial charge in [0.1, 0.15) is 59.4 Å². The highest BCUT2D eigenvalue weighted by atomic mass is 32.2. The average molecular weight is 1180 g/mol. The summed E-state index contributed by atoms with van der Waals surface area (Å²) in [5.41, 5.74) is 1.07. The number of aliphatic hydroxyl groups excluding tert-OH is 3. The van der Waals surface area contributed by atoms with Crippen LogP contribution in [0.3, 0.4) is 0 Å². The molecule has 4 rings (SSSR count). The number of aliphatic carboxylic acids is 1. The van der Waals surface area contributed by atoms with Crippen molar-refractivity contribution in [2.24, 2.45) is 23.7 Å². The number of carboxylic acid groups (broad SMARTS) is 1. The third kappa shape index (κ3) is 18.7. The molecule has 0 bridgehead atoms. The van der Waals surface area contributed by atoms with Gasteiger partial charge in [-0.15, -0.1) is 0 Å². The van der Waals surface area contributed by atoms with Crippen molar-refractivity contribution in [2.75, 3.05) is 60.1 Å². The Morgan fingerprint density at radius 1 is 0.841 bits per heavy atom. The molecule has 2 aromatic rings. The molecule has 0 saturated carbocycles. The summed E-state index contributed by atoms with van der Waals surface area (Å²) >= 11 is 0. The molecule has 2 aromatic carbocycles. The maximum Gasteiger partial charge on any atom is 0.411 e. The van der Waals surface area contributed by atoms with Crippen molar-refractivity contribution in [1.29, 1.82) is 0 Å². The first-order chi connectivity index (χ1) is 38.6. The standard InChI is InChI=1S/C57H90N6O18S/c1-14-34(6)45(61(10)54(70)44(33(4)5)60-53(69)43(58-9)32(2)3)41(76-11)29-42(64)63-26-18-21-40(63)49(77-12)35(7)52(68)59-36(8)50(38-19-16-15-17-20-38)79-31-62(27-28-82(13,74)75)57(73)78-30-37-22-24-39(25-23-37)80-56-48(67)46(65)47(66)51(81-56)55(71)72/h15-17,19-20,22-25,32-36,40-41,43-51,56,58,65-67H,14,18,21,26-31H2,1-13H3,(H,59,68)(H,60,69)(H,71,72)/t34-,35+,36+,40-,41+,43-,44-,45-,46-,47-,48?,49+,50+,51?,56+/m0/s1. The van der Waals surface area contributed by atoms with Gasteiger partial charge in [-0.3, -0.25) is 24.1 Å². The highest BCUT2D eigenvalue weighted by Gasteiger charge is 2.48. The monoisotopic (exact) mass is 1180 g/mol. The van der Waals surface area contributed by atoms with Crippen LogP contribution in [0.5, 0.6) is 5.75 Å². The second kappa shape index (κ2) is 32.0. The Hall–Kier alpha value is -5.51. The lowest BCUT2D eigenvalue weighted by atomic mass is 9.89. The molecule has 15 atom stereocenters. The van der Waals surface area contributed by atoms with Gasteiger partial charge in [-0.05, 0) is 67.8 Å². The number of methoxy groups -OCH3 is 2. The number of ether oxygens (including phenoxy) is 6. The molecule has 82 heavy (non-hydrogen) atoms. The van der Waals surface area contributed by atoms with Gasteiger partial charge in [0.15, 0.2) is 6.10 Å². The number of carboxylic acids is 1. The summed E-state index contributed by atoms with van der Waals surface area (Å²) in [6, 6.07) is 11.6. The zero-order valence-corrected chi connectivity index (χ0v) is 50.4. The number of nitrogens with one attached hydrogen (secondary N) is 3. The van der Waals surface area contributed by atoms with E-state index in [1.165, 1.54) is 38.5 Å². The number of hydrogen-bond donors (Lipinski definition) is 7. The number of benzene rings is 2. The van der Waals surface area contributed by atoms with Crippen molar-refractivity contribution in [2.45, 2.75) is 167 Å². The zero-order valence-electron chi connectivity index (χ0n) is 49.6. The van der Waals surface area contributed by atoms with E-state index in [1.54, 1.807) is 68.1 Å². The van der Waals surface area contributed by atoms with Crippen LogP contribution in [0.15, 0.2) is 54.6 Å². The van der Waals surface area contributed by atoms with Crippen molar-refractivity contribution in [3.63, 3.8) is 0 Å². The maximum absolute atomic E-state index is 14.5. The Balaban J connectivity index is 1.46. The number of carbonyl (C=O) groups is 6. The van der Waals surface area contributed by atoms with E-state index >= 15 is 0 Å². The smallest absolute Gasteiger partial charge is 0.411 e. The predicted molar refractivity (Wildman–Crippen MR) is 301 cm³/mol. The molecular weight excluding hydrogens is 1090 g/mol. The summed E-state index contributed by atoms with van der Waals surface area (Å²) in [4.78, 5) is 86.2. The van der Waals surface area contributed by atoms with Gasteiger partial charge in [-0.25, -0.2) is 18.0 Å². The number of likely N-dealkylation sites (N-methyl/N-ethyl adjacent to an activating group) is 2. The summed E-state index contributed by atoms with van der Waals surface area (Å²) in [5, 5.41) is 48.9. The molecule has 0 aliphatic carbocycles. The Kier molecular flexibility index (Phi) is 26.9. The lowest BCUT2D eigenvalue weighted by Crippen LogP contribution is -2.61. The number of likely N-dealkylation sites (tertiary alicyclic amines) is 1. The van der Waals surface area contributed by atoms with E-state index in [0.717, 1.165) is 11.2 Å². The maximum atomic E-state index is 14.5. The molecule has 25 heteroatoms. The second-order valence-electron chi connectivity index (χ2n) is 22.2. The molecule has 2 heterocycles. The van der Waals surface area contributed by atoms with E-state index in [-0.39, 0.29) is 60.8 Å². The van der Waals surface area contributed by atoms with Gasteiger partial charge in [0.05, 0.1) is 54.5 Å². The highest BCUT2D eigenvalue weighted by Crippen LogP contribution is 2.31. The van der Waals surface area contributed by atoms with Gasteiger partial charge >= 0.3 is 12.1 Å². The number of rotatable bonds is 31. The second-order valence-corrected chi connectivity index (χ2v) is 24.5. The van der Waals surface area contributed by atoms with Crippen molar-refractivity contribution in [1.82, 2.24) is 30.7 Å². The van der Waals surface area contributed by atoms with E-state index in [4.69, 9.17) is 28.4 Å². The van der Waals surface area contributed by atoms with Crippen LogP contribution in [0.1, 0.15) is 98.3 Å². The Morgan fingerprint density at radius 2 is 1.48 bits per heavy atom. The summed E-state index contributed by atoms with van der Waals surface area (Å²) < 4.78 is 59.5. The van der Waals surface area contributed by atoms with Gasteiger partial charge in [0.2, 0.25) is 29.9 Å². The molecule has 7 N–H and O–H groups in total. The first-order valence-electron chi connectivity index (χ1n) is 27.9. The Labute approximate surface area is 482 Å². The molecule has 0 spiro atoms. The van der Waals surface area contributed by atoms with Crippen LogP contribution in [0, 0.1) is 23.7 Å². The fourth-order valence-corrected chi connectivity index (χ4v) is 11.0. The van der Waals surface area contributed by atoms with Crippen LogP contribution in [0.4, 0.5) is 4.79 Å². The van der Waals surface area contributed by atoms with E-state index in [1.807, 2.05) is 41.5 Å². The molecule has 5 amide bonds. The van der Waals surface area contributed by atoms with E-state index < -0.39 is 125 Å². The topological polar surface area (TPSA) is 319 Å². The quantitative estimate of drug-likeness (QED) is 0.0533. The van der Waals surface area contributed by atoms with Gasteiger partial charge in [0, 0.05) is 40.6 Å². The molecule has 0 aromatic heterocycles. The van der Waals surface area contributed by atoms with E-state index in [9.17, 15) is 57.6 Å². The number of hydrogen-bond acceptors (Lipinski definition) is 18. The Morgan fingerprint density at radius 3 is 2.02 bits per heavy atom. The molecule has 462 valence electrons. The number of aliphatic hydroxyl groups is 3. The minimum atomic E-state index is -3.59. The normalized spacial score (nSPS) is 22.6. The summed E-state index contributed by atoms with van der Waals surface area (Å²) in [6.45, 7) is 14.3. The summed E-state index contributed by atoms with van der Waals surface area (Å²) in [6.07, 6.45) is -9.56. The first-order valence-corrected chi connectivity index (χ1v) is 30.0. The summed E-state index contributed by atoms with van der Waals surface area (Å²) in [5.74, 6) is -4.33. The largest absolute Gasteiger partial charge is 0.479 e. The number of nitrogens with zero attached hydrogens (tertiary/aromatic N) is 3. The number of amides is 5. The van der Waals surface area contributed by atoms with Crippen molar-refractivity contribution >= 4 is 45.5 Å². The fourth-order valence-electron chi connectivity index (χ4n) is 10.5. The molecule has 2 aliphatic heterocycles. The average Bonchev–Trinajstić information content (AvgIpc) is 3.92. The van der Waals surface area contributed by atoms with Gasteiger partial charge in [-0.1, -0.05) is 97.4 Å². The molecular formula is C57H90N6O18S. The number of carbonyl (C=O) groups excluding carboxylic acids is 5. The lowest BCUT2D eigenvalue weighted by molar-refractivity contribution is -0.271. The number of sulfone groups is 1. The summed E-state index contributed by atoms with van der Waals surface area (Å²) in [7, 11) is 2.80. The predicted octanol–water partition coefficient (Wildman–Crippen LogP) is 2.47. The van der Waals surface area contributed by atoms with E-state index in [2.05, 4.69) is 16.0 Å².